The number of fused-ring (bicyclic) bond motifs is 3. The quantitative estimate of drug-likeness (QED) is 0.240. The zero-order valence-corrected chi connectivity index (χ0v) is 17.1. The van der Waals surface area contributed by atoms with Crippen LogP contribution in [0, 0.1) is 0 Å². The predicted molar refractivity (Wildman–Crippen MR) is 122 cm³/mol. The Balaban J connectivity index is 2.02. The molecule has 0 N–H and O–H groups in total. The molecule has 0 saturated carbocycles. The van der Waals surface area contributed by atoms with Crippen molar-refractivity contribution in [2.75, 3.05) is 0 Å². The van der Waals surface area contributed by atoms with Gasteiger partial charge in [0.1, 0.15) is 0 Å². The van der Waals surface area contributed by atoms with Crippen LogP contribution in [-0.2, 0) is 0 Å². The van der Waals surface area contributed by atoms with Gasteiger partial charge in [-0.3, -0.25) is 0 Å². The van der Waals surface area contributed by atoms with E-state index in [1.54, 1.807) is 4.57 Å². The predicted octanol–water partition coefficient (Wildman–Crippen LogP) is 7.98. The molecule has 1 heterocycles. The third-order valence-corrected chi connectivity index (χ3v) is 5.47. The van der Waals surface area contributed by atoms with Gasteiger partial charge in [-0.15, -0.1) is 0 Å². The van der Waals surface area contributed by atoms with Crippen LogP contribution in [0.3, 0.4) is 0 Å². The lowest BCUT2D eigenvalue weighted by molar-refractivity contribution is 1.18. The lowest BCUT2D eigenvalue weighted by Gasteiger charge is -2.10. The Morgan fingerprint density at radius 1 is 0.778 bits per heavy atom. The number of rotatable bonds is 2. The molecule has 1 aromatic heterocycles. The van der Waals surface area contributed by atoms with E-state index >= 15 is 0 Å². The van der Waals surface area contributed by atoms with Crippen molar-refractivity contribution in [2.24, 2.45) is 0 Å². The number of nitrogens with zero attached hydrogens (tertiary/aromatic N) is 1. The van der Waals surface area contributed by atoms with Gasteiger partial charge in [-0.2, -0.15) is 0 Å². The summed E-state index contributed by atoms with van der Waals surface area (Å²) in [6, 6.07) is 16.5. The maximum absolute atomic E-state index is 8.79. The molecule has 0 saturated heterocycles. The minimum absolute atomic E-state index is 0.0383. The molecule has 0 fully saturated rings. The van der Waals surface area contributed by atoms with Gasteiger partial charge in [-0.05, 0) is 41.4 Å². The van der Waals surface area contributed by atoms with Crippen molar-refractivity contribution >= 4 is 53.7 Å². The lowest BCUT2D eigenvalue weighted by Crippen LogP contribution is -1.94. The number of hydrogen-bond acceptors (Lipinski definition) is 0. The molecule has 0 aliphatic rings. The summed E-state index contributed by atoms with van der Waals surface area (Å²) in [5.74, 6) is 0. The Morgan fingerprint density at radius 2 is 1.56 bits per heavy atom. The zero-order valence-electron chi connectivity index (χ0n) is 19.9. The molecule has 5 aromatic rings. The van der Waals surface area contributed by atoms with Crippen LogP contribution in [0.5, 0.6) is 0 Å². The zero-order chi connectivity index (χ0) is 23.6. The Bertz CT molecular complexity index is 1520. The summed E-state index contributed by atoms with van der Waals surface area (Å²) in [6.45, 7) is 0. The van der Waals surface area contributed by atoms with E-state index < -0.39 is 0 Å². The molecule has 0 aliphatic carbocycles. The first kappa shape index (κ1) is 11.5. The topological polar surface area (TPSA) is 4.93 Å². The monoisotopic (exact) mass is 481 g/mol. The Labute approximate surface area is 182 Å². The van der Waals surface area contributed by atoms with E-state index in [1.165, 1.54) is 0 Å². The van der Waals surface area contributed by atoms with Crippen molar-refractivity contribution in [2.45, 2.75) is 0 Å². The van der Waals surface area contributed by atoms with Gasteiger partial charge in [0.2, 0.25) is 0 Å². The van der Waals surface area contributed by atoms with Gasteiger partial charge in [-0.1, -0.05) is 92.5 Å². The molecule has 1 nitrogen and oxygen atoms in total. The summed E-state index contributed by atoms with van der Waals surface area (Å²) in [7, 11) is 0. The molecule has 4 aromatic carbocycles. The lowest BCUT2D eigenvalue weighted by atomic mass is 10.1. The number of hydrogen-bond donors (Lipinski definition) is 0. The summed E-state index contributed by atoms with van der Waals surface area (Å²) < 4.78 is 53.3. The average molecular weight is 483 g/mol. The number of halogens is 2. The molecular weight excluding hydrogens is 462 g/mol. The van der Waals surface area contributed by atoms with Gasteiger partial charge in [0.05, 0.1) is 19.3 Å². The van der Waals surface area contributed by atoms with E-state index in [2.05, 4.69) is 31.9 Å². The fraction of sp³-hybridized carbons (Fsp3) is 0. The standard InChI is InChI=1S/C24H15Br2N/c25-18-14-21(26)24-20-11-4-5-12-22(20)27(23(24)15-18)19-10-6-9-17(13-19)16-7-2-1-3-8-16/h1-15H/i4D,5D,11D,12D,14D,15D. The van der Waals surface area contributed by atoms with Gasteiger partial charge in [0.15, 0.2) is 0 Å². The highest BCUT2D eigenvalue weighted by Crippen LogP contribution is 2.38. The smallest absolute Gasteiger partial charge is 0.0657 e. The van der Waals surface area contributed by atoms with E-state index in [1.807, 2.05) is 54.6 Å². The van der Waals surface area contributed by atoms with Crippen LogP contribution in [-0.4, -0.2) is 4.57 Å². The maximum atomic E-state index is 8.79. The Hall–Kier alpha value is -2.36. The molecular formula is C24H15Br2N. The number of benzene rings is 4. The van der Waals surface area contributed by atoms with Crippen molar-refractivity contribution in [3.63, 3.8) is 0 Å². The summed E-state index contributed by atoms with van der Waals surface area (Å²) in [5, 5.41) is 0.697. The summed E-state index contributed by atoms with van der Waals surface area (Å²) >= 11 is 6.81. The third-order valence-electron chi connectivity index (χ3n) is 4.48. The van der Waals surface area contributed by atoms with Crippen molar-refractivity contribution in [3.8, 4) is 16.8 Å². The molecule has 0 atom stereocenters. The van der Waals surface area contributed by atoms with Crippen LogP contribution in [0.1, 0.15) is 8.22 Å². The molecule has 0 bridgehead atoms. The van der Waals surface area contributed by atoms with Crippen LogP contribution < -0.4 is 0 Å². The first-order valence-corrected chi connectivity index (χ1v) is 9.87. The van der Waals surface area contributed by atoms with Crippen LogP contribution >= 0.6 is 31.9 Å². The van der Waals surface area contributed by atoms with Crippen molar-refractivity contribution in [3.05, 3.63) is 99.8 Å². The molecule has 3 heteroatoms. The normalized spacial score (nSPS) is 14.4. The molecule has 5 rings (SSSR count). The highest BCUT2D eigenvalue weighted by atomic mass is 79.9. The molecule has 0 unspecified atom stereocenters. The fourth-order valence-electron chi connectivity index (χ4n) is 3.34. The number of para-hydroxylation sites is 1. The minimum Gasteiger partial charge on any atom is -0.309 e. The van der Waals surface area contributed by atoms with Gasteiger partial charge < -0.3 is 4.57 Å². The second kappa shape index (κ2) is 6.66. The summed E-state index contributed by atoms with van der Waals surface area (Å²) in [6.07, 6.45) is 0. The first-order chi connectivity index (χ1) is 15.7. The maximum Gasteiger partial charge on any atom is 0.0657 e. The highest BCUT2D eigenvalue weighted by Gasteiger charge is 2.15. The second-order valence-corrected chi connectivity index (χ2v) is 7.66. The SMILES string of the molecule is [2H]c1c([2H])c([2H])c2c(c1[2H])c1c(Br)c([2H])c(Br)c([2H])c1n2-c1cccc(-c2ccccc2)c1. The molecule has 0 aliphatic heterocycles. The first-order valence-electron chi connectivity index (χ1n) is 11.3. The molecule has 0 radical (unpaired) electrons. The van der Waals surface area contributed by atoms with E-state index in [4.69, 9.17) is 8.22 Å². The molecule has 0 spiro atoms. The molecule has 0 amide bonds. The van der Waals surface area contributed by atoms with Crippen LogP contribution in [0.2, 0.25) is 0 Å². The minimum atomic E-state index is -0.350. The summed E-state index contributed by atoms with van der Waals surface area (Å²) in [5.41, 5.74) is 3.27. The van der Waals surface area contributed by atoms with Crippen molar-refractivity contribution in [1.29, 1.82) is 0 Å². The average Bonchev–Trinajstić information content (AvgIpc) is 3.20. The van der Waals surface area contributed by atoms with Gasteiger partial charge >= 0.3 is 0 Å². The van der Waals surface area contributed by atoms with Crippen molar-refractivity contribution in [1.82, 2.24) is 4.57 Å². The fourth-order valence-corrected chi connectivity index (χ4v) is 4.57. The van der Waals surface area contributed by atoms with Gasteiger partial charge in [0.25, 0.3) is 0 Å². The second-order valence-electron chi connectivity index (χ2n) is 6.08. The van der Waals surface area contributed by atoms with Gasteiger partial charge in [-0.25, -0.2) is 0 Å². The van der Waals surface area contributed by atoms with E-state index in [-0.39, 0.29) is 51.6 Å². The van der Waals surface area contributed by atoms with Gasteiger partial charge in [0, 0.05) is 25.4 Å². The third kappa shape index (κ3) is 2.82. The Morgan fingerprint density at radius 3 is 2.41 bits per heavy atom. The largest absolute Gasteiger partial charge is 0.309 e. The van der Waals surface area contributed by atoms with E-state index in [0.717, 1.165) is 11.1 Å². The number of aromatic nitrogens is 1. The van der Waals surface area contributed by atoms with E-state index in [0.29, 0.717) is 21.1 Å². The van der Waals surface area contributed by atoms with Crippen LogP contribution in [0.25, 0.3) is 38.6 Å². The van der Waals surface area contributed by atoms with Crippen molar-refractivity contribution < 1.29 is 8.22 Å². The highest BCUT2D eigenvalue weighted by molar-refractivity contribution is 9.11. The Kier molecular flexibility index (Phi) is 2.83. The molecule has 130 valence electrons. The van der Waals surface area contributed by atoms with Crippen LogP contribution in [0.4, 0.5) is 0 Å². The summed E-state index contributed by atoms with van der Waals surface area (Å²) in [4.78, 5) is 0. The van der Waals surface area contributed by atoms with E-state index in [9.17, 15) is 0 Å². The van der Waals surface area contributed by atoms with Crippen LogP contribution in [0.15, 0.2) is 99.8 Å². The molecule has 27 heavy (non-hydrogen) atoms.